The third-order valence-corrected chi connectivity index (χ3v) is 4.90. The van der Waals surface area contributed by atoms with Crippen LogP contribution < -0.4 is 5.32 Å². The smallest absolute Gasteiger partial charge is 0.00445 e. The van der Waals surface area contributed by atoms with Gasteiger partial charge in [-0.2, -0.15) is 0 Å². The maximum atomic E-state index is 3.69. The highest BCUT2D eigenvalue weighted by molar-refractivity contribution is 4.81. The summed E-state index contributed by atoms with van der Waals surface area (Å²) < 4.78 is 0. The molecule has 0 aliphatic heterocycles. The van der Waals surface area contributed by atoms with Gasteiger partial charge in [-0.05, 0) is 50.1 Å². The molecular weight excluding hydrogens is 256 g/mol. The van der Waals surface area contributed by atoms with Gasteiger partial charge in [-0.3, -0.25) is 0 Å². The van der Waals surface area contributed by atoms with E-state index in [1.54, 1.807) is 0 Å². The van der Waals surface area contributed by atoms with Gasteiger partial charge in [0.15, 0.2) is 0 Å². The maximum absolute atomic E-state index is 3.69. The van der Waals surface area contributed by atoms with E-state index in [0.29, 0.717) is 5.41 Å². The van der Waals surface area contributed by atoms with E-state index in [2.05, 4.69) is 45.0 Å². The first-order valence-electron chi connectivity index (χ1n) is 9.34. The van der Waals surface area contributed by atoms with Crippen LogP contribution in [0.3, 0.4) is 0 Å². The molecule has 1 unspecified atom stereocenters. The van der Waals surface area contributed by atoms with Gasteiger partial charge in [-0.1, -0.05) is 53.4 Å². The Morgan fingerprint density at radius 2 is 1.86 bits per heavy atom. The zero-order valence-electron chi connectivity index (χ0n) is 15.4. The monoisotopic (exact) mass is 296 g/mol. The van der Waals surface area contributed by atoms with Crippen LogP contribution in [0, 0.1) is 17.3 Å². The summed E-state index contributed by atoms with van der Waals surface area (Å²) in [5, 5.41) is 3.69. The minimum atomic E-state index is 0.424. The molecule has 1 saturated carbocycles. The molecule has 126 valence electrons. The van der Waals surface area contributed by atoms with Crippen LogP contribution >= 0.6 is 0 Å². The minimum absolute atomic E-state index is 0.424. The van der Waals surface area contributed by atoms with Crippen LogP contribution in [0.15, 0.2) is 0 Å². The largest absolute Gasteiger partial charge is 0.316 e. The van der Waals surface area contributed by atoms with E-state index in [1.807, 2.05) is 0 Å². The van der Waals surface area contributed by atoms with Crippen LogP contribution in [0.4, 0.5) is 0 Å². The van der Waals surface area contributed by atoms with Gasteiger partial charge in [0.2, 0.25) is 0 Å². The molecule has 0 spiro atoms. The van der Waals surface area contributed by atoms with Gasteiger partial charge < -0.3 is 10.2 Å². The van der Waals surface area contributed by atoms with Gasteiger partial charge in [0.05, 0.1) is 0 Å². The van der Waals surface area contributed by atoms with E-state index in [4.69, 9.17) is 0 Å². The van der Waals surface area contributed by atoms with Crippen molar-refractivity contribution in [3.05, 3.63) is 0 Å². The summed E-state index contributed by atoms with van der Waals surface area (Å²) in [5.74, 6) is 1.70. The Bertz CT molecular complexity index is 258. The van der Waals surface area contributed by atoms with Gasteiger partial charge in [0, 0.05) is 19.6 Å². The fourth-order valence-corrected chi connectivity index (χ4v) is 4.02. The van der Waals surface area contributed by atoms with Crippen molar-refractivity contribution in [2.24, 2.45) is 17.3 Å². The highest BCUT2D eigenvalue weighted by Crippen LogP contribution is 2.27. The van der Waals surface area contributed by atoms with E-state index >= 15 is 0 Å². The minimum Gasteiger partial charge on any atom is -0.316 e. The molecule has 21 heavy (non-hydrogen) atoms. The fourth-order valence-electron chi connectivity index (χ4n) is 4.02. The topological polar surface area (TPSA) is 15.3 Å². The third-order valence-electron chi connectivity index (χ3n) is 4.90. The normalized spacial score (nSPS) is 20.1. The predicted molar refractivity (Wildman–Crippen MR) is 94.8 cm³/mol. The highest BCUT2D eigenvalue weighted by Gasteiger charge is 2.26. The highest BCUT2D eigenvalue weighted by atomic mass is 15.1. The fraction of sp³-hybridized carbons (Fsp3) is 1.00. The summed E-state index contributed by atoms with van der Waals surface area (Å²) in [6.07, 6.45) is 9.92. The van der Waals surface area contributed by atoms with E-state index in [-0.39, 0.29) is 0 Å². The summed E-state index contributed by atoms with van der Waals surface area (Å²) in [7, 11) is 2.34. The summed E-state index contributed by atoms with van der Waals surface area (Å²) in [6, 6.07) is 0. The zero-order chi connectivity index (χ0) is 15.7. The van der Waals surface area contributed by atoms with Crippen LogP contribution in [0.1, 0.15) is 72.6 Å². The van der Waals surface area contributed by atoms with Crippen LogP contribution in [0.2, 0.25) is 0 Å². The Balaban J connectivity index is 2.39. The van der Waals surface area contributed by atoms with E-state index < -0.39 is 0 Å². The molecule has 0 radical (unpaired) electrons. The second-order valence-electron chi connectivity index (χ2n) is 8.29. The molecule has 2 nitrogen and oxygen atoms in total. The first-order chi connectivity index (χ1) is 9.95. The van der Waals surface area contributed by atoms with Gasteiger partial charge in [-0.15, -0.1) is 0 Å². The van der Waals surface area contributed by atoms with Crippen molar-refractivity contribution in [2.75, 3.05) is 33.2 Å². The molecule has 0 aromatic carbocycles. The number of nitrogens with zero attached hydrogens (tertiary/aromatic N) is 1. The quantitative estimate of drug-likeness (QED) is 0.636. The van der Waals surface area contributed by atoms with Crippen LogP contribution in [-0.4, -0.2) is 38.1 Å². The molecule has 1 N–H and O–H groups in total. The first kappa shape index (κ1) is 19.0. The third kappa shape index (κ3) is 8.21. The van der Waals surface area contributed by atoms with Crippen molar-refractivity contribution in [2.45, 2.75) is 72.6 Å². The molecule has 1 rings (SSSR count). The Kier molecular flexibility index (Phi) is 8.89. The lowest BCUT2D eigenvalue weighted by atomic mass is 9.83. The Morgan fingerprint density at radius 1 is 1.19 bits per heavy atom. The van der Waals surface area contributed by atoms with Crippen LogP contribution in [0.25, 0.3) is 0 Å². The maximum Gasteiger partial charge on any atom is 0.00445 e. The van der Waals surface area contributed by atoms with Crippen molar-refractivity contribution in [1.82, 2.24) is 10.2 Å². The number of hydrogen-bond donors (Lipinski definition) is 1. The molecule has 0 saturated heterocycles. The van der Waals surface area contributed by atoms with Crippen molar-refractivity contribution in [1.29, 1.82) is 0 Å². The summed E-state index contributed by atoms with van der Waals surface area (Å²) in [6.45, 7) is 14.2. The predicted octanol–water partition coefficient (Wildman–Crippen LogP) is 4.55. The Labute approximate surface area is 134 Å². The van der Waals surface area contributed by atoms with Crippen molar-refractivity contribution in [3.63, 3.8) is 0 Å². The standard InChI is InChI=1S/C19H40N2/c1-6-12-19(4,15-20-13-17(2)3)16-21(5)14-18-10-8-7-9-11-18/h17-18,20H,6-16H2,1-5H3. The molecule has 2 heteroatoms. The molecule has 0 aromatic heterocycles. The summed E-state index contributed by atoms with van der Waals surface area (Å²) >= 11 is 0. The van der Waals surface area contributed by atoms with Crippen molar-refractivity contribution >= 4 is 0 Å². The van der Waals surface area contributed by atoms with Gasteiger partial charge in [-0.25, -0.2) is 0 Å². The lowest BCUT2D eigenvalue weighted by molar-refractivity contribution is 0.145. The molecular formula is C19H40N2. The van der Waals surface area contributed by atoms with Gasteiger partial charge in [0.1, 0.15) is 0 Å². The number of nitrogens with one attached hydrogen (secondary N) is 1. The van der Waals surface area contributed by atoms with E-state index in [9.17, 15) is 0 Å². The molecule has 0 bridgehead atoms. The average molecular weight is 297 g/mol. The zero-order valence-corrected chi connectivity index (χ0v) is 15.4. The number of rotatable bonds is 10. The van der Waals surface area contributed by atoms with Crippen LogP contribution in [-0.2, 0) is 0 Å². The Hall–Kier alpha value is -0.0800. The molecule has 1 aliphatic carbocycles. The lowest BCUT2D eigenvalue weighted by Gasteiger charge is -2.36. The van der Waals surface area contributed by atoms with E-state index in [1.165, 1.54) is 58.0 Å². The molecule has 0 aromatic rings. The second kappa shape index (κ2) is 9.84. The van der Waals surface area contributed by atoms with Crippen molar-refractivity contribution < 1.29 is 0 Å². The molecule has 0 heterocycles. The molecule has 0 amide bonds. The second-order valence-corrected chi connectivity index (χ2v) is 8.29. The van der Waals surface area contributed by atoms with Crippen LogP contribution in [0.5, 0.6) is 0 Å². The Morgan fingerprint density at radius 3 is 2.43 bits per heavy atom. The van der Waals surface area contributed by atoms with E-state index in [0.717, 1.165) is 24.9 Å². The molecule has 1 atom stereocenters. The first-order valence-corrected chi connectivity index (χ1v) is 9.34. The molecule has 1 aliphatic rings. The van der Waals surface area contributed by atoms with Crippen molar-refractivity contribution in [3.8, 4) is 0 Å². The summed E-state index contributed by atoms with van der Waals surface area (Å²) in [5.41, 5.74) is 0.424. The summed E-state index contributed by atoms with van der Waals surface area (Å²) in [4.78, 5) is 2.61. The number of hydrogen-bond acceptors (Lipinski definition) is 2. The average Bonchev–Trinajstić information content (AvgIpc) is 2.39. The molecule has 1 fully saturated rings. The SMILES string of the molecule is CCCC(C)(CNCC(C)C)CN(C)CC1CCCCC1. The van der Waals surface area contributed by atoms with Gasteiger partial charge >= 0.3 is 0 Å². The van der Waals surface area contributed by atoms with Gasteiger partial charge in [0.25, 0.3) is 0 Å². The lowest BCUT2D eigenvalue weighted by Crippen LogP contribution is -2.43.